The molecule has 0 bridgehead atoms. The predicted molar refractivity (Wildman–Crippen MR) is 144 cm³/mol. The number of carbonyl (C=O) groups excluding carboxylic acids is 1. The second-order valence-corrected chi connectivity index (χ2v) is 13.1. The van der Waals surface area contributed by atoms with Crippen LogP contribution in [0.2, 0.25) is 0 Å². The van der Waals surface area contributed by atoms with Crippen LogP contribution < -0.4 is 4.74 Å². The summed E-state index contributed by atoms with van der Waals surface area (Å²) in [6.45, 7) is 1.04. The number of ether oxygens (including phenoxy) is 2. The van der Waals surface area contributed by atoms with Crippen molar-refractivity contribution >= 4 is 23.7 Å². The van der Waals surface area contributed by atoms with Gasteiger partial charge in [-0.3, -0.25) is 9.45 Å². The van der Waals surface area contributed by atoms with Gasteiger partial charge in [-0.15, -0.1) is 0 Å². The Labute approximate surface area is 215 Å². The molecule has 0 aliphatic carbocycles. The van der Waals surface area contributed by atoms with Gasteiger partial charge in [0.15, 0.2) is 0 Å². The molecule has 1 aromatic carbocycles. The molecule has 0 saturated heterocycles. The van der Waals surface area contributed by atoms with Gasteiger partial charge in [0.2, 0.25) is 0 Å². The largest absolute Gasteiger partial charge is 0.491 e. The summed E-state index contributed by atoms with van der Waals surface area (Å²) in [7, 11) is 0. The molecular formula is C26H45O7PS. The summed E-state index contributed by atoms with van der Waals surface area (Å²) in [6, 6.07) is 9.35. The molecule has 35 heavy (non-hydrogen) atoms. The van der Waals surface area contributed by atoms with E-state index in [1.54, 1.807) is 0 Å². The quantitative estimate of drug-likeness (QED) is 0.0647. The van der Waals surface area contributed by atoms with E-state index in [1.165, 1.54) is 38.5 Å². The van der Waals surface area contributed by atoms with Crippen molar-refractivity contribution < 1.29 is 33.5 Å². The minimum atomic E-state index is -3.90. The fraction of sp³-hybridized carbons (Fsp3) is 0.731. The minimum absolute atomic E-state index is 0.0990. The first-order valence-electron chi connectivity index (χ1n) is 13.1. The molecule has 2 atom stereocenters. The molecule has 202 valence electrons. The molecule has 0 radical (unpaired) electrons. The Morgan fingerprint density at radius 1 is 0.886 bits per heavy atom. The van der Waals surface area contributed by atoms with Crippen LogP contribution in [0.3, 0.4) is 0 Å². The van der Waals surface area contributed by atoms with Gasteiger partial charge < -0.3 is 14.0 Å². The Kier molecular flexibility index (Phi) is 19.3. The van der Waals surface area contributed by atoms with Crippen LogP contribution in [-0.2, 0) is 18.7 Å². The molecule has 0 heterocycles. The SMILES string of the molecule is CCCCCCCCCCOC(COc1ccccc1)COP(=O)(SCCCCCC)C(=O)OO. The summed E-state index contributed by atoms with van der Waals surface area (Å²) in [5.41, 5.74) is -1.25. The van der Waals surface area contributed by atoms with Gasteiger partial charge in [-0.2, -0.15) is 5.26 Å². The van der Waals surface area contributed by atoms with Gasteiger partial charge in [-0.25, -0.2) is 4.79 Å². The number of carbonyl (C=O) groups is 1. The number of para-hydroxylation sites is 1. The van der Waals surface area contributed by atoms with Crippen molar-refractivity contribution in [1.82, 2.24) is 0 Å². The van der Waals surface area contributed by atoms with Crippen LogP contribution in [0, 0.1) is 0 Å². The van der Waals surface area contributed by atoms with Crippen LogP contribution >= 0.6 is 18.0 Å². The lowest BCUT2D eigenvalue weighted by Gasteiger charge is -2.21. The molecule has 0 fully saturated rings. The Morgan fingerprint density at radius 2 is 1.49 bits per heavy atom. The molecule has 0 amide bonds. The summed E-state index contributed by atoms with van der Waals surface area (Å²) in [5.74, 6) is 1.17. The van der Waals surface area contributed by atoms with E-state index in [4.69, 9.17) is 19.3 Å². The van der Waals surface area contributed by atoms with Crippen LogP contribution in [0.4, 0.5) is 4.79 Å². The van der Waals surface area contributed by atoms with Crippen molar-refractivity contribution in [3.8, 4) is 5.75 Å². The highest BCUT2D eigenvalue weighted by atomic mass is 32.7. The fourth-order valence-electron chi connectivity index (χ4n) is 3.42. The molecule has 0 saturated carbocycles. The van der Waals surface area contributed by atoms with E-state index in [-0.39, 0.29) is 13.2 Å². The fourth-order valence-corrected chi connectivity index (χ4v) is 6.68. The molecule has 1 aromatic rings. The lowest BCUT2D eigenvalue weighted by Crippen LogP contribution is -2.27. The highest BCUT2D eigenvalue weighted by molar-refractivity contribution is 8.61. The summed E-state index contributed by atoms with van der Waals surface area (Å²) in [5, 5.41) is 8.85. The van der Waals surface area contributed by atoms with E-state index in [1.807, 2.05) is 30.3 Å². The molecular weight excluding hydrogens is 487 g/mol. The van der Waals surface area contributed by atoms with E-state index < -0.39 is 18.4 Å². The first kappa shape index (κ1) is 32.0. The molecule has 0 spiro atoms. The highest BCUT2D eigenvalue weighted by Gasteiger charge is 2.37. The maximum Gasteiger partial charge on any atom is 0.434 e. The van der Waals surface area contributed by atoms with E-state index in [0.29, 0.717) is 18.1 Å². The van der Waals surface area contributed by atoms with Gasteiger partial charge in [0.1, 0.15) is 18.5 Å². The van der Waals surface area contributed by atoms with Crippen LogP contribution in [0.15, 0.2) is 30.3 Å². The predicted octanol–water partition coefficient (Wildman–Crippen LogP) is 8.72. The van der Waals surface area contributed by atoms with Crippen molar-refractivity contribution in [2.75, 3.05) is 25.6 Å². The van der Waals surface area contributed by atoms with Crippen molar-refractivity contribution in [3.05, 3.63) is 30.3 Å². The van der Waals surface area contributed by atoms with Crippen LogP contribution in [0.25, 0.3) is 0 Å². The third-order valence-corrected chi connectivity index (χ3v) is 9.68. The average molecular weight is 533 g/mol. The zero-order valence-corrected chi connectivity index (χ0v) is 23.2. The van der Waals surface area contributed by atoms with Gasteiger partial charge in [-0.05, 0) is 25.0 Å². The van der Waals surface area contributed by atoms with Crippen LogP contribution in [-0.4, -0.2) is 42.6 Å². The number of hydrogen-bond acceptors (Lipinski definition) is 8. The molecule has 9 heteroatoms. The smallest absolute Gasteiger partial charge is 0.434 e. The van der Waals surface area contributed by atoms with Crippen LogP contribution in [0.1, 0.15) is 90.9 Å². The third kappa shape index (κ3) is 15.6. The first-order valence-corrected chi connectivity index (χ1v) is 16.3. The Morgan fingerprint density at radius 3 is 2.11 bits per heavy atom. The lowest BCUT2D eigenvalue weighted by atomic mass is 10.1. The topological polar surface area (TPSA) is 91.3 Å². The molecule has 1 N–H and O–H groups in total. The summed E-state index contributed by atoms with van der Waals surface area (Å²) in [4.78, 5) is 15.8. The van der Waals surface area contributed by atoms with Crippen molar-refractivity contribution in [2.24, 2.45) is 0 Å². The highest BCUT2D eigenvalue weighted by Crippen LogP contribution is 2.61. The minimum Gasteiger partial charge on any atom is -0.491 e. The second kappa shape index (κ2) is 21.1. The number of hydrogen-bond donors (Lipinski definition) is 1. The number of unbranched alkanes of at least 4 members (excludes halogenated alkanes) is 10. The zero-order chi connectivity index (χ0) is 25.6. The van der Waals surface area contributed by atoms with E-state index in [2.05, 4.69) is 18.7 Å². The van der Waals surface area contributed by atoms with Crippen molar-refractivity contribution in [1.29, 1.82) is 0 Å². The summed E-state index contributed by atoms with van der Waals surface area (Å²) >= 11 is 0.909. The van der Waals surface area contributed by atoms with Crippen LogP contribution in [0.5, 0.6) is 5.75 Å². The summed E-state index contributed by atoms with van der Waals surface area (Å²) < 4.78 is 30.4. The van der Waals surface area contributed by atoms with Gasteiger partial charge >= 0.3 is 12.3 Å². The molecule has 0 aliphatic rings. The maximum atomic E-state index is 13.1. The summed E-state index contributed by atoms with van der Waals surface area (Å²) in [6.07, 6.45) is 13.0. The first-order chi connectivity index (χ1) is 17.1. The van der Waals surface area contributed by atoms with E-state index in [0.717, 1.165) is 49.9 Å². The Hall–Kier alpha value is -1.05. The normalized spacial score (nSPS) is 13.8. The average Bonchev–Trinajstić information content (AvgIpc) is 2.88. The van der Waals surface area contributed by atoms with E-state index in [9.17, 15) is 9.36 Å². The van der Waals surface area contributed by atoms with Gasteiger partial charge in [-0.1, -0.05) is 108 Å². The Bertz CT molecular complexity index is 690. The Balaban J connectivity index is 2.55. The monoisotopic (exact) mass is 532 g/mol. The zero-order valence-electron chi connectivity index (χ0n) is 21.5. The van der Waals surface area contributed by atoms with Gasteiger partial charge in [0.25, 0.3) is 0 Å². The molecule has 7 nitrogen and oxygen atoms in total. The molecule has 2 unspecified atom stereocenters. The van der Waals surface area contributed by atoms with Gasteiger partial charge in [0, 0.05) is 12.4 Å². The third-order valence-electron chi connectivity index (χ3n) is 5.52. The standard InChI is InChI=1S/C26H45O7PS/c1-3-5-7-9-10-11-12-16-20-30-25(22-31-24-18-14-13-15-19-24)23-32-34(29,26(27)33-28)35-21-17-8-6-4-2/h13-15,18-19,25,28H,3-12,16-17,20-23H2,1-2H3. The van der Waals surface area contributed by atoms with E-state index >= 15 is 0 Å². The van der Waals surface area contributed by atoms with Crippen molar-refractivity contribution in [2.45, 2.75) is 97.0 Å². The molecule has 1 rings (SSSR count). The maximum absolute atomic E-state index is 13.1. The van der Waals surface area contributed by atoms with Gasteiger partial charge in [0.05, 0.1) is 6.61 Å². The molecule has 0 aliphatic heterocycles. The molecule has 0 aromatic heterocycles. The second-order valence-electron chi connectivity index (χ2n) is 8.64. The van der Waals surface area contributed by atoms with Crippen molar-refractivity contribution in [3.63, 3.8) is 0 Å². The number of rotatable bonds is 23. The lowest BCUT2D eigenvalue weighted by molar-refractivity contribution is -0.168. The number of benzene rings is 1.